The van der Waals surface area contributed by atoms with Gasteiger partial charge in [-0.3, -0.25) is 9.48 Å². The second-order valence-corrected chi connectivity index (χ2v) is 4.90. The average Bonchev–Trinajstić information content (AvgIpc) is 2.77. The number of benzene rings is 2. The molecule has 3 aromatic rings. The summed E-state index contributed by atoms with van der Waals surface area (Å²) in [5, 5.41) is 8.24. The third-order valence-corrected chi connectivity index (χ3v) is 3.16. The lowest BCUT2D eigenvalue weighted by molar-refractivity contribution is 0.102. The van der Waals surface area contributed by atoms with Crippen molar-refractivity contribution < 1.29 is 4.79 Å². The van der Waals surface area contributed by atoms with Crippen LogP contribution in [0.15, 0.2) is 48.7 Å². The lowest BCUT2D eigenvalue weighted by atomic mass is 10.1. The minimum Gasteiger partial charge on any atom is -0.322 e. The number of carbonyl (C=O) groups excluding carboxylic acids is 1. The summed E-state index contributed by atoms with van der Waals surface area (Å²) in [5.74, 6) is -0.122. The highest BCUT2D eigenvalue weighted by Gasteiger charge is 2.08. The molecule has 1 N–H and O–H groups in total. The molecule has 0 spiro atoms. The van der Waals surface area contributed by atoms with Gasteiger partial charge in [0.25, 0.3) is 5.91 Å². The second-order valence-electron chi connectivity index (χ2n) is 4.90. The maximum atomic E-state index is 12.2. The van der Waals surface area contributed by atoms with Crippen molar-refractivity contribution in [2.24, 2.45) is 7.05 Å². The van der Waals surface area contributed by atoms with Crippen LogP contribution in [0, 0.1) is 6.92 Å². The molecule has 0 aliphatic heterocycles. The number of rotatable bonds is 2. The smallest absolute Gasteiger partial charge is 0.255 e. The van der Waals surface area contributed by atoms with Crippen molar-refractivity contribution in [1.29, 1.82) is 0 Å². The Morgan fingerprint density at radius 1 is 1.20 bits per heavy atom. The Kier molecular flexibility index (Phi) is 2.99. The van der Waals surface area contributed by atoms with Crippen LogP contribution in [-0.4, -0.2) is 15.7 Å². The van der Waals surface area contributed by atoms with E-state index < -0.39 is 0 Å². The van der Waals surface area contributed by atoms with E-state index in [1.807, 2.05) is 56.6 Å². The van der Waals surface area contributed by atoms with Crippen LogP contribution in [0.2, 0.25) is 0 Å². The van der Waals surface area contributed by atoms with E-state index in [4.69, 9.17) is 0 Å². The summed E-state index contributed by atoms with van der Waals surface area (Å²) in [6, 6.07) is 13.3. The maximum absolute atomic E-state index is 12.2. The van der Waals surface area contributed by atoms with Gasteiger partial charge < -0.3 is 5.32 Å². The van der Waals surface area contributed by atoms with Crippen LogP contribution in [0.5, 0.6) is 0 Å². The van der Waals surface area contributed by atoms with Crippen LogP contribution in [0.25, 0.3) is 10.9 Å². The van der Waals surface area contributed by atoms with Crippen molar-refractivity contribution in [1.82, 2.24) is 9.78 Å². The molecule has 0 aliphatic carbocycles. The number of nitrogens with one attached hydrogen (secondary N) is 1. The van der Waals surface area contributed by atoms with Crippen molar-refractivity contribution in [2.75, 3.05) is 5.32 Å². The summed E-state index contributed by atoms with van der Waals surface area (Å²) in [7, 11) is 1.87. The Hall–Kier alpha value is -2.62. The lowest BCUT2D eigenvalue weighted by Crippen LogP contribution is -2.11. The molecule has 0 radical (unpaired) electrons. The Morgan fingerprint density at radius 3 is 2.85 bits per heavy atom. The molecule has 0 saturated carbocycles. The molecule has 1 aromatic heterocycles. The van der Waals surface area contributed by atoms with E-state index in [2.05, 4.69) is 10.4 Å². The summed E-state index contributed by atoms with van der Waals surface area (Å²) in [6.45, 7) is 2.00. The van der Waals surface area contributed by atoms with Gasteiger partial charge in [-0.05, 0) is 36.8 Å². The van der Waals surface area contributed by atoms with Gasteiger partial charge >= 0.3 is 0 Å². The first-order chi connectivity index (χ1) is 9.61. The highest BCUT2D eigenvalue weighted by atomic mass is 16.1. The zero-order valence-corrected chi connectivity index (χ0v) is 11.4. The normalized spacial score (nSPS) is 10.7. The monoisotopic (exact) mass is 265 g/mol. The zero-order valence-electron chi connectivity index (χ0n) is 11.4. The quantitative estimate of drug-likeness (QED) is 0.773. The number of aromatic nitrogens is 2. The standard InChI is InChI=1S/C16H15N3O/c1-11-4-3-5-14(8-11)17-16(20)12-6-7-13-10-19(2)18-15(13)9-12/h3-10H,1-2H3,(H,17,20). The summed E-state index contributed by atoms with van der Waals surface area (Å²) in [5.41, 5.74) is 3.35. The topological polar surface area (TPSA) is 46.9 Å². The molecule has 1 heterocycles. The molecule has 0 bridgehead atoms. The van der Waals surface area contributed by atoms with Crippen LogP contribution in [0.1, 0.15) is 15.9 Å². The average molecular weight is 265 g/mol. The first-order valence-electron chi connectivity index (χ1n) is 6.43. The van der Waals surface area contributed by atoms with E-state index in [0.29, 0.717) is 5.56 Å². The summed E-state index contributed by atoms with van der Waals surface area (Å²) < 4.78 is 1.74. The molecule has 100 valence electrons. The summed E-state index contributed by atoms with van der Waals surface area (Å²) in [4.78, 5) is 12.2. The molecule has 0 atom stereocenters. The Morgan fingerprint density at radius 2 is 2.05 bits per heavy atom. The fourth-order valence-electron chi connectivity index (χ4n) is 2.21. The molecule has 0 aliphatic rings. The van der Waals surface area contributed by atoms with Crippen LogP contribution >= 0.6 is 0 Å². The minimum atomic E-state index is -0.122. The Balaban J connectivity index is 1.88. The van der Waals surface area contributed by atoms with E-state index in [1.54, 1.807) is 10.7 Å². The SMILES string of the molecule is Cc1cccc(NC(=O)c2ccc3cn(C)nc3c2)c1. The molecule has 4 nitrogen and oxygen atoms in total. The minimum absolute atomic E-state index is 0.122. The fraction of sp³-hybridized carbons (Fsp3) is 0.125. The van der Waals surface area contributed by atoms with Crippen LogP contribution in [0.4, 0.5) is 5.69 Å². The molecular weight excluding hydrogens is 250 g/mol. The van der Waals surface area contributed by atoms with Crippen molar-refractivity contribution in [3.63, 3.8) is 0 Å². The molecule has 0 fully saturated rings. The fourth-order valence-corrected chi connectivity index (χ4v) is 2.21. The van der Waals surface area contributed by atoms with Crippen LogP contribution in [-0.2, 0) is 7.05 Å². The number of aryl methyl sites for hydroxylation is 2. The third kappa shape index (κ3) is 2.40. The van der Waals surface area contributed by atoms with Crippen LogP contribution < -0.4 is 5.32 Å². The summed E-state index contributed by atoms with van der Waals surface area (Å²) >= 11 is 0. The van der Waals surface area contributed by atoms with Gasteiger partial charge in [-0.1, -0.05) is 18.2 Å². The molecule has 3 rings (SSSR count). The highest BCUT2D eigenvalue weighted by Crippen LogP contribution is 2.16. The third-order valence-electron chi connectivity index (χ3n) is 3.16. The second kappa shape index (κ2) is 4.81. The number of hydrogen-bond donors (Lipinski definition) is 1. The van der Waals surface area contributed by atoms with Gasteiger partial charge in [-0.15, -0.1) is 0 Å². The van der Waals surface area contributed by atoms with E-state index in [-0.39, 0.29) is 5.91 Å². The van der Waals surface area contributed by atoms with E-state index in [0.717, 1.165) is 22.2 Å². The number of anilines is 1. The highest BCUT2D eigenvalue weighted by molar-refractivity contribution is 6.06. The maximum Gasteiger partial charge on any atom is 0.255 e. The van der Waals surface area contributed by atoms with E-state index in [9.17, 15) is 4.79 Å². The van der Waals surface area contributed by atoms with Gasteiger partial charge in [-0.25, -0.2) is 0 Å². The molecular formula is C16H15N3O. The van der Waals surface area contributed by atoms with Gasteiger partial charge in [0.05, 0.1) is 5.52 Å². The number of amides is 1. The van der Waals surface area contributed by atoms with Gasteiger partial charge in [0, 0.05) is 29.9 Å². The first-order valence-corrected chi connectivity index (χ1v) is 6.43. The molecule has 20 heavy (non-hydrogen) atoms. The predicted molar refractivity (Wildman–Crippen MR) is 79.8 cm³/mol. The molecule has 1 amide bonds. The van der Waals surface area contributed by atoms with E-state index >= 15 is 0 Å². The molecule has 0 unspecified atom stereocenters. The van der Waals surface area contributed by atoms with Crippen molar-refractivity contribution in [2.45, 2.75) is 6.92 Å². The van der Waals surface area contributed by atoms with Gasteiger partial charge in [0.15, 0.2) is 0 Å². The van der Waals surface area contributed by atoms with Gasteiger partial charge in [-0.2, -0.15) is 5.10 Å². The lowest BCUT2D eigenvalue weighted by Gasteiger charge is -2.05. The van der Waals surface area contributed by atoms with Crippen LogP contribution in [0.3, 0.4) is 0 Å². The zero-order chi connectivity index (χ0) is 14.1. The van der Waals surface area contributed by atoms with Gasteiger partial charge in [0.1, 0.15) is 0 Å². The van der Waals surface area contributed by atoms with Gasteiger partial charge in [0.2, 0.25) is 0 Å². The predicted octanol–water partition coefficient (Wildman–Crippen LogP) is 3.13. The largest absolute Gasteiger partial charge is 0.322 e. The van der Waals surface area contributed by atoms with E-state index in [1.165, 1.54) is 0 Å². The number of fused-ring (bicyclic) bond motifs is 1. The molecule has 2 aromatic carbocycles. The Labute approximate surface area is 117 Å². The molecule has 0 saturated heterocycles. The first kappa shape index (κ1) is 12.4. The summed E-state index contributed by atoms with van der Waals surface area (Å²) in [6.07, 6.45) is 1.93. The molecule has 4 heteroatoms. The number of hydrogen-bond acceptors (Lipinski definition) is 2. The van der Waals surface area contributed by atoms with Crippen molar-refractivity contribution in [3.8, 4) is 0 Å². The number of nitrogens with zero attached hydrogens (tertiary/aromatic N) is 2. The van der Waals surface area contributed by atoms with Crippen molar-refractivity contribution in [3.05, 3.63) is 59.8 Å². The Bertz CT molecular complexity index is 789. The van der Waals surface area contributed by atoms with Crippen molar-refractivity contribution >= 4 is 22.5 Å². The number of carbonyl (C=O) groups is 1.